The number of aliphatic carboxylic acids is 1. The number of unbranched alkanes of at least 4 members (excludes halogenated alkanes) is 1. The smallest absolute Gasteiger partial charge is 0.416 e. The number of fused-ring (bicyclic) bond motifs is 1. The highest BCUT2D eigenvalue weighted by molar-refractivity contribution is 5.83. The lowest BCUT2D eigenvalue weighted by Crippen LogP contribution is -2.41. The van der Waals surface area contributed by atoms with E-state index in [1.54, 1.807) is 43.6 Å². The topological polar surface area (TPSA) is 62.7 Å². The van der Waals surface area contributed by atoms with E-state index >= 15 is 4.39 Å². The minimum absolute atomic E-state index is 0.0203. The molecule has 9 heteroatoms. The van der Waals surface area contributed by atoms with E-state index in [0.29, 0.717) is 60.1 Å². The number of pyridine rings is 1. The molecule has 2 aromatic carbocycles. The number of piperidine rings is 1. The van der Waals surface area contributed by atoms with Crippen molar-refractivity contribution in [2.45, 2.75) is 57.3 Å². The second-order valence-electron chi connectivity index (χ2n) is 10.6. The number of aromatic nitrogens is 1. The van der Waals surface area contributed by atoms with Crippen LogP contribution in [-0.4, -0.2) is 47.7 Å². The molecule has 5 nitrogen and oxygen atoms in total. The fourth-order valence-electron chi connectivity index (χ4n) is 5.92. The fourth-order valence-corrected chi connectivity index (χ4v) is 5.92. The molecule has 3 atom stereocenters. The van der Waals surface area contributed by atoms with E-state index in [0.717, 1.165) is 25.5 Å². The van der Waals surface area contributed by atoms with E-state index in [1.165, 1.54) is 12.1 Å². The minimum atomic E-state index is -4.36. The number of hydrogen-bond donors (Lipinski definition) is 1. The molecule has 1 aromatic heterocycles. The SMILES string of the molecule is COc1ccc2nccc([C@@H](F)CC[C@@H]3CCN(CCCCc4ccccc4C(F)(F)F)C[C@@H]3CC(=O)O)c2c1. The predicted molar refractivity (Wildman–Crippen MR) is 146 cm³/mol. The lowest BCUT2D eigenvalue weighted by molar-refractivity contribution is -0.139. The molecule has 1 aliphatic rings. The van der Waals surface area contributed by atoms with Crippen LogP contribution in [0.1, 0.15) is 61.4 Å². The van der Waals surface area contributed by atoms with Crippen molar-refractivity contribution in [3.05, 3.63) is 71.4 Å². The molecular formula is C31H36F4N2O3. The van der Waals surface area contributed by atoms with Crippen molar-refractivity contribution in [2.24, 2.45) is 11.8 Å². The molecule has 216 valence electrons. The summed E-state index contributed by atoms with van der Waals surface area (Å²) in [4.78, 5) is 18.1. The van der Waals surface area contributed by atoms with Gasteiger partial charge in [0.25, 0.3) is 0 Å². The quantitative estimate of drug-likeness (QED) is 0.184. The number of carboxylic acids is 1. The van der Waals surface area contributed by atoms with Gasteiger partial charge in [-0.05, 0) is 105 Å². The number of carboxylic acid groups (broad SMARTS) is 1. The van der Waals surface area contributed by atoms with Gasteiger partial charge in [-0.3, -0.25) is 9.78 Å². The number of methoxy groups -OCH3 is 1. The average molecular weight is 561 g/mol. The molecule has 3 aromatic rings. The highest BCUT2D eigenvalue weighted by atomic mass is 19.4. The third-order valence-corrected chi connectivity index (χ3v) is 8.02. The van der Waals surface area contributed by atoms with Gasteiger partial charge in [0.15, 0.2) is 0 Å². The third-order valence-electron chi connectivity index (χ3n) is 8.02. The zero-order chi connectivity index (χ0) is 28.7. The lowest BCUT2D eigenvalue weighted by atomic mass is 9.79. The molecule has 2 heterocycles. The van der Waals surface area contributed by atoms with Gasteiger partial charge < -0.3 is 14.7 Å². The number of hydrogen-bond acceptors (Lipinski definition) is 4. The van der Waals surface area contributed by atoms with Crippen molar-refractivity contribution < 1.29 is 32.2 Å². The van der Waals surface area contributed by atoms with Crippen LogP contribution in [0.3, 0.4) is 0 Å². The Kier molecular flexibility index (Phi) is 10.0. The molecule has 0 saturated carbocycles. The van der Waals surface area contributed by atoms with Crippen LogP contribution in [0, 0.1) is 11.8 Å². The Labute approximate surface area is 232 Å². The van der Waals surface area contributed by atoms with E-state index in [2.05, 4.69) is 9.88 Å². The Balaban J connectivity index is 1.31. The van der Waals surface area contributed by atoms with E-state index in [4.69, 9.17) is 4.74 Å². The standard InChI is InChI=1S/C31H36F4N2O3/c1-40-24-10-12-29-26(19-24)25(13-15-36-29)28(32)11-9-21-14-17-37(20-23(21)18-30(38)39)16-5-4-7-22-6-2-3-8-27(22)31(33,34)35/h2-3,6,8,10,12-13,15,19,21,23,28H,4-5,7,9,11,14,16-18,20H2,1H3,(H,38,39)/t21-,23+,28+/m1/s1. The first kappa shape index (κ1) is 29.8. The molecule has 0 bridgehead atoms. The first-order valence-corrected chi connectivity index (χ1v) is 13.8. The molecule has 1 aliphatic heterocycles. The molecule has 0 aliphatic carbocycles. The summed E-state index contributed by atoms with van der Waals surface area (Å²) in [5, 5.41) is 10.2. The maximum absolute atomic E-state index is 15.5. The Morgan fingerprint density at radius 1 is 1.15 bits per heavy atom. The van der Waals surface area contributed by atoms with Crippen LogP contribution in [0.5, 0.6) is 5.75 Å². The molecular weight excluding hydrogens is 524 g/mol. The zero-order valence-electron chi connectivity index (χ0n) is 22.7. The van der Waals surface area contributed by atoms with Crippen molar-refractivity contribution in [1.82, 2.24) is 9.88 Å². The van der Waals surface area contributed by atoms with Crippen LogP contribution in [0.4, 0.5) is 17.6 Å². The average Bonchev–Trinajstić information content (AvgIpc) is 2.93. The van der Waals surface area contributed by atoms with Crippen LogP contribution in [0.25, 0.3) is 10.9 Å². The molecule has 1 fully saturated rings. The second kappa shape index (κ2) is 13.4. The number of aryl methyl sites for hydroxylation is 1. The van der Waals surface area contributed by atoms with E-state index in [-0.39, 0.29) is 24.7 Å². The summed E-state index contributed by atoms with van der Waals surface area (Å²) in [7, 11) is 1.56. The van der Waals surface area contributed by atoms with Crippen molar-refractivity contribution in [3.8, 4) is 5.75 Å². The van der Waals surface area contributed by atoms with Gasteiger partial charge in [0.05, 0.1) is 18.2 Å². The zero-order valence-corrected chi connectivity index (χ0v) is 22.7. The maximum atomic E-state index is 15.5. The van der Waals surface area contributed by atoms with Gasteiger partial charge in [0.1, 0.15) is 11.9 Å². The minimum Gasteiger partial charge on any atom is -0.497 e. The van der Waals surface area contributed by atoms with E-state index < -0.39 is 23.9 Å². The second-order valence-corrected chi connectivity index (χ2v) is 10.6. The Morgan fingerprint density at radius 3 is 2.70 bits per heavy atom. The number of nitrogens with zero attached hydrogens (tertiary/aromatic N) is 2. The van der Waals surface area contributed by atoms with Crippen LogP contribution < -0.4 is 4.74 Å². The molecule has 0 radical (unpaired) electrons. The fraction of sp³-hybridized carbons (Fsp3) is 0.484. The first-order valence-electron chi connectivity index (χ1n) is 13.8. The first-order chi connectivity index (χ1) is 19.2. The van der Waals surface area contributed by atoms with Gasteiger partial charge in [0.2, 0.25) is 0 Å². The summed E-state index contributed by atoms with van der Waals surface area (Å²) in [5.41, 5.74) is 0.976. The van der Waals surface area contributed by atoms with Gasteiger partial charge in [-0.15, -0.1) is 0 Å². The molecule has 1 N–H and O–H groups in total. The van der Waals surface area contributed by atoms with Crippen LogP contribution in [-0.2, 0) is 17.4 Å². The summed E-state index contributed by atoms with van der Waals surface area (Å²) >= 11 is 0. The van der Waals surface area contributed by atoms with E-state index in [9.17, 15) is 23.1 Å². The van der Waals surface area contributed by atoms with Crippen LogP contribution >= 0.6 is 0 Å². The number of likely N-dealkylation sites (tertiary alicyclic amines) is 1. The summed E-state index contributed by atoms with van der Waals surface area (Å²) in [6.45, 7) is 2.07. The highest BCUT2D eigenvalue weighted by Gasteiger charge is 2.33. The summed E-state index contributed by atoms with van der Waals surface area (Å²) in [5.74, 6) is -0.248. The number of carbonyl (C=O) groups is 1. The van der Waals surface area contributed by atoms with Crippen molar-refractivity contribution in [2.75, 3.05) is 26.7 Å². The molecule has 1 saturated heterocycles. The van der Waals surface area contributed by atoms with Gasteiger partial charge >= 0.3 is 12.1 Å². The number of alkyl halides is 4. The monoisotopic (exact) mass is 560 g/mol. The van der Waals surface area contributed by atoms with Crippen molar-refractivity contribution in [1.29, 1.82) is 0 Å². The summed E-state index contributed by atoms with van der Waals surface area (Å²) < 4.78 is 60.6. The van der Waals surface area contributed by atoms with E-state index in [1.807, 2.05) is 0 Å². The number of rotatable bonds is 12. The largest absolute Gasteiger partial charge is 0.497 e. The van der Waals surface area contributed by atoms with Gasteiger partial charge in [0, 0.05) is 24.5 Å². The molecule has 0 amide bonds. The Morgan fingerprint density at radius 2 is 1.95 bits per heavy atom. The number of benzene rings is 2. The predicted octanol–water partition coefficient (Wildman–Crippen LogP) is 7.49. The Bertz CT molecular complexity index is 1280. The van der Waals surface area contributed by atoms with Gasteiger partial charge in [-0.25, -0.2) is 4.39 Å². The van der Waals surface area contributed by atoms with Crippen LogP contribution in [0.2, 0.25) is 0 Å². The van der Waals surface area contributed by atoms with Crippen molar-refractivity contribution >= 4 is 16.9 Å². The lowest BCUT2D eigenvalue weighted by Gasteiger charge is -2.38. The van der Waals surface area contributed by atoms with Gasteiger partial charge in [-0.1, -0.05) is 18.2 Å². The maximum Gasteiger partial charge on any atom is 0.416 e. The number of halogens is 4. The van der Waals surface area contributed by atoms with Crippen LogP contribution in [0.15, 0.2) is 54.7 Å². The van der Waals surface area contributed by atoms with Crippen molar-refractivity contribution in [3.63, 3.8) is 0 Å². The molecule has 4 rings (SSSR count). The summed E-state index contributed by atoms with van der Waals surface area (Å²) in [6, 6.07) is 12.8. The van der Waals surface area contributed by atoms with Gasteiger partial charge in [-0.2, -0.15) is 13.2 Å². The molecule has 0 unspecified atom stereocenters. The normalized spacial score (nSPS) is 19.0. The molecule has 0 spiro atoms. The Hall–Kier alpha value is -3.20. The summed E-state index contributed by atoms with van der Waals surface area (Å²) in [6.07, 6.45) is -0.627. The highest BCUT2D eigenvalue weighted by Crippen LogP contribution is 2.37. The third kappa shape index (κ3) is 7.71. The number of ether oxygens (including phenoxy) is 1. The molecule has 40 heavy (non-hydrogen) atoms.